The summed E-state index contributed by atoms with van der Waals surface area (Å²) in [5, 5.41) is 22.1. The first-order valence-electron chi connectivity index (χ1n) is 5.73. The Labute approximate surface area is 114 Å². The Bertz CT molecular complexity index is 623. The van der Waals surface area contributed by atoms with Gasteiger partial charge in [0, 0.05) is 11.8 Å². The molecule has 0 amide bonds. The Morgan fingerprint density at radius 2 is 1.95 bits per heavy atom. The van der Waals surface area contributed by atoms with Crippen LogP contribution in [0, 0.1) is 10.1 Å². The largest absolute Gasteiger partial charge is 0.481 e. The van der Waals surface area contributed by atoms with Crippen LogP contribution in [0.25, 0.3) is 0 Å². The third kappa shape index (κ3) is 3.52. The molecule has 0 aliphatic heterocycles. The standard InChI is InChI=1S/C13H11N3O4/c17-13(18)7-9-1-3-10(4-2-9)15-12-6-5-11(8-14-12)16(19)20/h1-6,8H,7H2,(H,14,15)(H,17,18). The molecule has 0 saturated heterocycles. The fourth-order valence-electron chi connectivity index (χ4n) is 1.60. The monoisotopic (exact) mass is 273 g/mol. The topological polar surface area (TPSA) is 105 Å². The van der Waals surface area contributed by atoms with Gasteiger partial charge in [0.05, 0.1) is 11.3 Å². The van der Waals surface area contributed by atoms with E-state index in [9.17, 15) is 14.9 Å². The Morgan fingerprint density at radius 3 is 2.45 bits per heavy atom. The lowest BCUT2D eigenvalue weighted by atomic mass is 10.1. The minimum absolute atomic E-state index is 0.0317. The molecular formula is C13H11N3O4. The minimum atomic E-state index is -0.886. The fourth-order valence-corrected chi connectivity index (χ4v) is 1.60. The molecule has 0 spiro atoms. The molecule has 0 radical (unpaired) electrons. The summed E-state index contributed by atoms with van der Waals surface area (Å²) in [5.74, 6) is -0.413. The number of aromatic nitrogens is 1. The average Bonchev–Trinajstić information content (AvgIpc) is 2.41. The first-order chi connectivity index (χ1) is 9.54. The smallest absolute Gasteiger partial charge is 0.307 e. The number of benzene rings is 1. The number of carboxylic acid groups (broad SMARTS) is 1. The fraction of sp³-hybridized carbons (Fsp3) is 0.0769. The maximum atomic E-state index is 10.6. The van der Waals surface area contributed by atoms with Gasteiger partial charge in [0.2, 0.25) is 0 Å². The van der Waals surface area contributed by atoms with Crippen LogP contribution in [0.1, 0.15) is 5.56 Å². The van der Waals surface area contributed by atoms with Gasteiger partial charge >= 0.3 is 5.97 Å². The van der Waals surface area contributed by atoms with Crippen molar-refractivity contribution in [2.75, 3.05) is 5.32 Å². The Hall–Kier alpha value is -2.96. The molecule has 102 valence electrons. The zero-order valence-electron chi connectivity index (χ0n) is 10.3. The average molecular weight is 273 g/mol. The summed E-state index contributed by atoms with van der Waals surface area (Å²) in [5.41, 5.74) is 1.34. The zero-order chi connectivity index (χ0) is 14.5. The maximum Gasteiger partial charge on any atom is 0.307 e. The summed E-state index contributed by atoms with van der Waals surface area (Å²) in [6.07, 6.45) is 1.14. The second-order valence-corrected chi connectivity index (χ2v) is 4.05. The molecule has 0 aliphatic rings. The summed E-state index contributed by atoms with van der Waals surface area (Å²) >= 11 is 0. The lowest BCUT2D eigenvalue weighted by Gasteiger charge is -2.05. The van der Waals surface area contributed by atoms with E-state index in [1.165, 1.54) is 18.3 Å². The molecule has 1 aromatic heterocycles. The summed E-state index contributed by atoms with van der Waals surface area (Å²) in [7, 11) is 0. The van der Waals surface area contributed by atoms with Crippen molar-refractivity contribution in [2.45, 2.75) is 6.42 Å². The number of nitro groups is 1. The molecule has 2 rings (SSSR count). The highest BCUT2D eigenvalue weighted by molar-refractivity contribution is 5.70. The number of nitrogens with zero attached hydrogens (tertiary/aromatic N) is 2. The molecule has 7 heteroatoms. The first kappa shape index (κ1) is 13.5. The van der Waals surface area contributed by atoms with E-state index in [0.29, 0.717) is 11.4 Å². The number of carbonyl (C=O) groups is 1. The molecule has 0 bridgehead atoms. The molecule has 0 fully saturated rings. The number of aliphatic carboxylic acids is 1. The number of rotatable bonds is 5. The lowest BCUT2D eigenvalue weighted by molar-refractivity contribution is -0.385. The number of pyridine rings is 1. The van der Waals surface area contributed by atoms with Crippen LogP contribution in [-0.2, 0) is 11.2 Å². The molecule has 2 aromatic rings. The van der Waals surface area contributed by atoms with Gasteiger partial charge in [0.25, 0.3) is 5.69 Å². The third-order valence-corrected chi connectivity index (χ3v) is 2.54. The third-order valence-electron chi connectivity index (χ3n) is 2.54. The van der Waals surface area contributed by atoms with Gasteiger partial charge in [-0.3, -0.25) is 14.9 Å². The van der Waals surface area contributed by atoms with Gasteiger partial charge in [-0.25, -0.2) is 4.98 Å². The Morgan fingerprint density at radius 1 is 1.25 bits per heavy atom. The number of hydrogen-bond donors (Lipinski definition) is 2. The maximum absolute atomic E-state index is 10.6. The molecule has 20 heavy (non-hydrogen) atoms. The van der Waals surface area contributed by atoms with Crippen molar-refractivity contribution < 1.29 is 14.8 Å². The van der Waals surface area contributed by atoms with Crippen LogP contribution in [-0.4, -0.2) is 21.0 Å². The predicted octanol–water partition coefficient (Wildman–Crippen LogP) is 2.36. The van der Waals surface area contributed by atoms with Gasteiger partial charge < -0.3 is 10.4 Å². The van der Waals surface area contributed by atoms with Crippen molar-refractivity contribution in [3.63, 3.8) is 0 Å². The molecule has 1 aromatic carbocycles. The van der Waals surface area contributed by atoms with Crippen molar-refractivity contribution in [3.8, 4) is 0 Å². The highest BCUT2D eigenvalue weighted by atomic mass is 16.6. The molecule has 0 saturated carbocycles. The summed E-state index contributed by atoms with van der Waals surface area (Å²) in [4.78, 5) is 24.4. The van der Waals surface area contributed by atoms with Crippen LogP contribution in [0.4, 0.5) is 17.2 Å². The van der Waals surface area contributed by atoms with E-state index in [-0.39, 0.29) is 12.1 Å². The molecule has 2 N–H and O–H groups in total. The lowest BCUT2D eigenvalue weighted by Crippen LogP contribution is -2.00. The van der Waals surface area contributed by atoms with Crippen LogP contribution < -0.4 is 5.32 Å². The SMILES string of the molecule is O=C(O)Cc1ccc(Nc2ccc([N+](=O)[O-])cn2)cc1. The van der Waals surface area contributed by atoms with Crippen molar-refractivity contribution in [3.05, 3.63) is 58.3 Å². The van der Waals surface area contributed by atoms with Gasteiger partial charge in [-0.05, 0) is 23.8 Å². The van der Waals surface area contributed by atoms with E-state index in [1.54, 1.807) is 24.3 Å². The summed E-state index contributed by atoms with van der Waals surface area (Å²) in [6.45, 7) is 0. The van der Waals surface area contributed by atoms with Gasteiger partial charge in [-0.15, -0.1) is 0 Å². The zero-order valence-corrected chi connectivity index (χ0v) is 10.3. The molecule has 0 aliphatic carbocycles. The van der Waals surface area contributed by atoms with E-state index >= 15 is 0 Å². The van der Waals surface area contributed by atoms with Crippen LogP contribution in [0.15, 0.2) is 42.6 Å². The molecule has 0 atom stereocenters. The molecule has 7 nitrogen and oxygen atoms in total. The van der Waals surface area contributed by atoms with Gasteiger partial charge in [-0.2, -0.15) is 0 Å². The summed E-state index contributed by atoms with van der Waals surface area (Å²) in [6, 6.07) is 9.70. The van der Waals surface area contributed by atoms with Crippen molar-refractivity contribution in [1.29, 1.82) is 0 Å². The second kappa shape index (κ2) is 5.79. The van der Waals surface area contributed by atoms with E-state index < -0.39 is 10.9 Å². The van der Waals surface area contributed by atoms with Crippen LogP contribution in [0.2, 0.25) is 0 Å². The highest BCUT2D eigenvalue weighted by Gasteiger charge is 2.05. The molecular weight excluding hydrogens is 262 g/mol. The van der Waals surface area contributed by atoms with Gasteiger partial charge in [0.15, 0.2) is 0 Å². The van der Waals surface area contributed by atoms with Gasteiger partial charge in [0.1, 0.15) is 12.0 Å². The molecule has 0 unspecified atom stereocenters. The van der Waals surface area contributed by atoms with Crippen molar-refractivity contribution in [1.82, 2.24) is 4.98 Å². The highest BCUT2D eigenvalue weighted by Crippen LogP contribution is 2.17. The van der Waals surface area contributed by atoms with Gasteiger partial charge in [-0.1, -0.05) is 12.1 Å². The number of carboxylic acids is 1. The minimum Gasteiger partial charge on any atom is -0.481 e. The summed E-state index contributed by atoms with van der Waals surface area (Å²) < 4.78 is 0. The number of anilines is 2. The quantitative estimate of drug-likeness (QED) is 0.640. The van der Waals surface area contributed by atoms with E-state index in [2.05, 4.69) is 10.3 Å². The number of nitrogens with one attached hydrogen (secondary N) is 1. The molecule has 1 heterocycles. The van der Waals surface area contributed by atoms with E-state index in [1.807, 2.05) is 0 Å². The van der Waals surface area contributed by atoms with E-state index in [4.69, 9.17) is 5.11 Å². The Kier molecular flexibility index (Phi) is 3.90. The number of hydrogen-bond acceptors (Lipinski definition) is 5. The first-order valence-corrected chi connectivity index (χ1v) is 5.73. The second-order valence-electron chi connectivity index (χ2n) is 4.05. The van der Waals surface area contributed by atoms with E-state index in [0.717, 1.165) is 5.69 Å². The Balaban J connectivity index is 2.06. The van der Waals surface area contributed by atoms with Crippen molar-refractivity contribution >= 4 is 23.2 Å². The van der Waals surface area contributed by atoms with Crippen LogP contribution >= 0.6 is 0 Å². The predicted molar refractivity (Wildman–Crippen MR) is 72.0 cm³/mol. The van der Waals surface area contributed by atoms with Crippen molar-refractivity contribution in [2.24, 2.45) is 0 Å². The normalized spacial score (nSPS) is 10.0. The van der Waals surface area contributed by atoms with Crippen LogP contribution in [0.5, 0.6) is 0 Å². The van der Waals surface area contributed by atoms with Crippen LogP contribution in [0.3, 0.4) is 0 Å².